The molecule has 0 aliphatic carbocycles. The fourth-order valence-electron chi connectivity index (χ4n) is 3.50. The van der Waals surface area contributed by atoms with Gasteiger partial charge in [0.05, 0.1) is 26.7 Å². The van der Waals surface area contributed by atoms with Crippen molar-refractivity contribution in [2.45, 2.75) is 13.5 Å². The Morgan fingerprint density at radius 2 is 1.97 bits per heavy atom. The summed E-state index contributed by atoms with van der Waals surface area (Å²) in [5, 5.41) is 5.58. The van der Waals surface area contributed by atoms with Gasteiger partial charge in [0.2, 0.25) is 0 Å². The molecular formula is C21H28IN3O3S. The molecule has 6 nitrogen and oxygen atoms in total. The minimum atomic E-state index is -0.146. The minimum Gasteiger partial charge on any atom is -0.497 e. The molecule has 0 radical (unpaired) electrons. The number of nitrogens with zero attached hydrogens (tertiary/aromatic N) is 2. The molecule has 0 saturated carbocycles. The zero-order valence-corrected chi connectivity index (χ0v) is 20.3. The number of aliphatic imine (C=N–C) groups is 1. The number of benzene rings is 1. The highest BCUT2D eigenvalue weighted by atomic mass is 127. The first-order chi connectivity index (χ1) is 13.5. The molecular weight excluding hydrogens is 501 g/mol. The Bertz CT molecular complexity index is 838. The lowest BCUT2D eigenvalue weighted by Crippen LogP contribution is -2.40. The predicted molar refractivity (Wildman–Crippen MR) is 128 cm³/mol. The number of carbonyl (C=O) groups excluding carboxylic acids is 1. The van der Waals surface area contributed by atoms with Gasteiger partial charge in [-0.3, -0.25) is 9.79 Å². The van der Waals surface area contributed by atoms with E-state index in [1.807, 2.05) is 12.1 Å². The number of carbonyl (C=O) groups is 1. The zero-order valence-electron chi connectivity index (χ0n) is 17.2. The molecule has 3 rings (SSSR count). The van der Waals surface area contributed by atoms with Gasteiger partial charge in [0.15, 0.2) is 5.96 Å². The number of ether oxygens (including phenoxy) is 2. The predicted octanol–water partition coefficient (Wildman–Crippen LogP) is 3.86. The third kappa shape index (κ3) is 5.63. The molecule has 29 heavy (non-hydrogen) atoms. The second kappa shape index (κ2) is 10.8. The fraction of sp³-hybridized carbons (Fsp3) is 0.429. The first kappa shape index (κ1) is 23.5. The van der Waals surface area contributed by atoms with E-state index in [-0.39, 0.29) is 41.8 Å². The third-order valence-electron chi connectivity index (χ3n) is 5.13. The largest absolute Gasteiger partial charge is 0.497 e. The number of rotatable bonds is 5. The van der Waals surface area contributed by atoms with Crippen LogP contribution >= 0.6 is 35.3 Å². The van der Waals surface area contributed by atoms with E-state index >= 15 is 0 Å². The monoisotopic (exact) mass is 529 g/mol. The fourth-order valence-corrected chi connectivity index (χ4v) is 4.34. The Balaban J connectivity index is 0.00000300. The van der Waals surface area contributed by atoms with Crippen LogP contribution in [0.3, 0.4) is 0 Å². The van der Waals surface area contributed by atoms with Crippen molar-refractivity contribution in [3.8, 4) is 16.9 Å². The maximum atomic E-state index is 11.9. The van der Waals surface area contributed by atoms with Gasteiger partial charge in [0.1, 0.15) is 5.75 Å². The number of likely N-dealkylation sites (tertiary alicyclic amines) is 1. The first-order valence-corrected chi connectivity index (χ1v) is 10.2. The zero-order chi connectivity index (χ0) is 20.1. The molecule has 2 unspecified atom stereocenters. The molecule has 1 aliphatic heterocycles. The molecule has 1 saturated heterocycles. The van der Waals surface area contributed by atoms with E-state index in [1.165, 1.54) is 23.1 Å². The van der Waals surface area contributed by atoms with E-state index in [9.17, 15) is 4.79 Å². The molecule has 0 spiro atoms. The van der Waals surface area contributed by atoms with Gasteiger partial charge in [-0.1, -0.05) is 19.1 Å². The summed E-state index contributed by atoms with van der Waals surface area (Å²) in [5.41, 5.74) is 2.36. The summed E-state index contributed by atoms with van der Waals surface area (Å²) in [4.78, 5) is 19.7. The van der Waals surface area contributed by atoms with Gasteiger partial charge >= 0.3 is 5.97 Å². The van der Waals surface area contributed by atoms with Crippen LogP contribution in [0.15, 0.2) is 40.7 Å². The molecule has 2 atom stereocenters. The average molecular weight is 529 g/mol. The maximum absolute atomic E-state index is 11.9. The van der Waals surface area contributed by atoms with E-state index in [0.29, 0.717) is 13.1 Å². The molecule has 158 valence electrons. The number of esters is 1. The number of nitrogens with one attached hydrogen (secondary N) is 1. The Morgan fingerprint density at radius 3 is 2.59 bits per heavy atom. The minimum absolute atomic E-state index is 0. The van der Waals surface area contributed by atoms with Crippen LogP contribution in [0.4, 0.5) is 0 Å². The molecule has 0 bridgehead atoms. The molecule has 1 aromatic heterocycles. The lowest BCUT2D eigenvalue weighted by molar-refractivity contribution is -0.145. The van der Waals surface area contributed by atoms with Crippen LogP contribution in [0.2, 0.25) is 0 Å². The Kier molecular flexibility index (Phi) is 8.76. The topological polar surface area (TPSA) is 63.2 Å². The summed E-state index contributed by atoms with van der Waals surface area (Å²) in [6, 6.07) is 10.3. The van der Waals surface area contributed by atoms with Crippen molar-refractivity contribution in [1.82, 2.24) is 10.2 Å². The summed E-state index contributed by atoms with van der Waals surface area (Å²) in [6.45, 7) is 4.20. The van der Waals surface area contributed by atoms with E-state index < -0.39 is 0 Å². The lowest BCUT2D eigenvalue weighted by atomic mass is 9.99. The normalized spacial score (nSPS) is 18.9. The molecule has 8 heteroatoms. The quantitative estimate of drug-likeness (QED) is 0.276. The highest BCUT2D eigenvalue weighted by Gasteiger charge is 2.36. The van der Waals surface area contributed by atoms with Gasteiger partial charge in [-0.2, -0.15) is 0 Å². The molecule has 0 amide bonds. The number of thiophene rings is 1. The summed E-state index contributed by atoms with van der Waals surface area (Å²) >= 11 is 1.72. The molecule has 2 heterocycles. The third-order valence-corrected chi connectivity index (χ3v) is 6.06. The standard InChI is InChI=1S/C21H27N3O3S.HI/c1-14-11-24(12-19(14)20(25)27-4)21(22-2)23-10-18-9-16(13-28-18)15-5-7-17(26-3)8-6-15;/h5-9,13-14,19H,10-12H2,1-4H3,(H,22,23);1H. The van der Waals surface area contributed by atoms with Crippen molar-refractivity contribution in [3.63, 3.8) is 0 Å². The van der Waals surface area contributed by atoms with Crippen LogP contribution in [-0.4, -0.2) is 51.2 Å². The summed E-state index contributed by atoms with van der Waals surface area (Å²) in [5.74, 6) is 1.67. The smallest absolute Gasteiger partial charge is 0.310 e. The van der Waals surface area contributed by atoms with Crippen LogP contribution in [0, 0.1) is 11.8 Å². The van der Waals surface area contributed by atoms with Crippen LogP contribution in [-0.2, 0) is 16.1 Å². The van der Waals surface area contributed by atoms with Crippen LogP contribution in [0.1, 0.15) is 11.8 Å². The average Bonchev–Trinajstić information content (AvgIpc) is 3.35. The van der Waals surface area contributed by atoms with E-state index in [0.717, 1.165) is 18.3 Å². The summed E-state index contributed by atoms with van der Waals surface area (Å²) < 4.78 is 10.1. The molecule has 2 aromatic rings. The highest BCUT2D eigenvalue weighted by Crippen LogP contribution is 2.28. The summed E-state index contributed by atoms with van der Waals surface area (Å²) in [7, 11) is 4.89. The number of hydrogen-bond donors (Lipinski definition) is 1. The highest BCUT2D eigenvalue weighted by molar-refractivity contribution is 14.0. The number of methoxy groups -OCH3 is 2. The van der Waals surface area contributed by atoms with E-state index in [2.05, 4.69) is 45.7 Å². The van der Waals surface area contributed by atoms with Crippen molar-refractivity contribution < 1.29 is 14.3 Å². The molecule has 1 aliphatic rings. The maximum Gasteiger partial charge on any atom is 0.310 e. The Hall–Kier alpha value is -1.81. The van der Waals surface area contributed by atoms with Gasteiger partial charge in [0.25, 0.3) is 0 Å². The Morgan fingerprint density at radius 1 is 1.24 bits per heavy atom. The Labute approximate surface area is 193 Å². The van der Waals surface area contributed by atoms with Crippen LogP contribution in [0.5, 0.6) is 5.75 Å². The van der Waals surface area contributed by atoms with Gasteiger partial charge < -0.3 is 19.7 Å². The van der Waals surface area contributed by atoms with Crippen molar-refractivity contribution in [1.29, 1.82) is 0 Å². The van der Waals surface area contributed by atoms with E-state index in [4.69, 9.17) is 9.47 Å². The molecule has 1 fully saturated rings. The number of hydrogen-bond acceptors (Lipinski definition) is 5. The van der Waals surface area contributed by atoms with Gasteiger partial charge in [0, 0.05) is 25.0 Å². The second-order valence-electron chi connectivity index (χ2n) is 6.94. The van der Waals surface area contributed by atoms with Crippen molar-refractivity contribution in [2.24, 2.45) is 16.8 Å². The van der Waals surface area contributed by atoms with Crippen molar-refractivity contribution >= 4 is 47.2 Å². The number of guanidine groups is 1. The van der Waals surface area contributed by atoms with Crippen molar-refractivity contribution in [3.05, 3.63) is 40.6 Å². The number of halogens is 1. The lowest BCUT2D eigenvalue weighted by Gasteiger charge is -2.21. The molecule has 1 aromatic carbocycles. The SMILES string of the molecule is CN=C(NCc1cc(-c2ccc(OC)cc2)cs1)N1CC(C)C(C(=O)OC)C1.I. The van der Waals surface area contributed by atoms with E-state index in [1.54, 1.807) is 25.5 Å². The molecule has 1 N–H and O–H groups in total. The first-order valence-electron chi connectivity index (χ1n) is 9.31. The van der Waals surface area contributed by atoms with Crippen LogP contribution in [0.25, 0.3) is 11.1 Å². The van der Waals surface area contributed by atoms with Gasteiger partial charge in [-0.15, -0.1) is 35.3 Å². The van der Waals surface area contributed by atoms with Gasteiger partial charge in [-0.25, -0.2) is 0 Å². The van der Waals surface area contributed by atoms with Crippen LogP contribution < -0.4 is 10.1 Å². The van der Waals surface area contributed by atoms with Crippen molar-refractivity contribution in [2.75, 3.05) is 34.4 Å². The summed E-state index contributed by atoms with van der Waals surface area (Å²) in [6.07, 6.45) is 0. The van der Waals surface area contributed by atoms with Gasteiger partial charge in [-0.05, 0) is 40.6 Å². The second-order valence-corrected chi connectivity index (χ2v) is 7.94.